The summed E-state index contributed by atoms with van der Waals surface area (Å²) in [5, 5.41) is 5.02. The molecule has 4 heteroatoms. The molecule has 49 heavy (non-hydrogen) atoms. The average Bonchev–Trinajstić information content (AvgIpc) is 3.71. The zero-order valence-corrected chi connectivity index (χ0v) is 26.7. The summed E-state index contributed by atoms with van der Waals surface area (Å²) in [6.07, 6.45) is 8.91. The number of aromatic nitrogens is 4. The molecule has 0 aliphatic heterocycles. The van der Waals surface area contributed by atoms with E-state index >= 15 is 0 Å². The molecule has 0 radical (unpaired) electrons. The molecule has 4 nitrogen and oxygen atoms in total. The van der Waals surface area contributed by atoms with Gasteiger partial charge in [0, 0.05) is 38.2 Å². The first-order valence-corrected chi connectivity index (χ1v) is 16.9. The van der Waals surface area contributed by atoms with Crippen LogP contribution in [0.3, 0.4) is 0 Å². The van der Waals surface area contributed by atoms with E-state index in [9.17, 15) is 0 Å². The van der Waals surface area contributed by atoms with Crippen molar-refractivity contribution in [3.05, 3.63) is 163 Å². The third-order valence-corrected chi connectivity index (χ3v) is 9.79. The van der Waals surface area contributed by atoms with Crippen LogP contribution in [0, 0.1) is 0 Å². The molecule has 230 valence electrons. The SMILES string of the molecule is C1=CC(c2cccc(-c3nc(-c4cccc(-c5ccccc5)c4)nc(-c4ccc5c6cccc7c8ccccc8n(c5c4)c76)n3)c2)=CCC1. The van der Waals surface area contributed by atoms with Crippen molar-refractivity contribution < 1.29 is 0 Å². The maximum Gasteiger partial charge on any atom is 0.164 e. The lowest BCUT2D eigenvalue weighted by molar-refractivity contribution is 1.04. The maximum atomic E-state index is 5.17. The number of rotatable bonds is 5. The van der Waals surface area contributed by atoms with E-state index in [1.54, 1.807) is 0 Å². The van der Waals surface area contributed by atoms with Crippen molar-refractivity contribution in [2.24, 2.45) is 0 Å². The number of para-hydroxylation sites is 2. The first kappa shape index (κ1) is 27.7. The van der Waals surface area contributed by atoms with Crippen LogP contribution in [-0.2, 0) is 0 Å². The molecule has 1 aliphatic carbocycles. The Labute approximate surface area is 283 Å². The molecule has 0 spiro atoms. The molecule has 3 aromatic heterocycles. The molecule has 0 saturated carbocycles. The van der Waals surface area contributed by atoms with E-state index in [4.69, 9.17) is 15.0 Å². The Morgan fingerprint density at radius 2 is 0.980 bits per heavy atom. The molecule has 0 amide bonds. The monoisotopic (exact) mass is 626 g/mol. The lowest BCUT2D eigenvalue weighted by Crippen LogP contribution is -2.01. The Hall–Kier alpha value is -6.39. The lowest BCUT2D eigenvalue weighted by atomic mass is 9.98. The van der Waals surface area contributed by atoms with Crippen LogP contribution in [0.5, 0.6) is 0 Å². The highest BCUT2D eigenvalue weighted by Crippen LogP contribution is 2.40. The van der Waals surface area contributed by atoms with Crippen LogP contribution in [0.2, 0.25) is 0 Å². The number of benzene rings is 6. The van der Waals surface area contributed by atoms with Gasteiger partial charge in [-0.3, -0.25) is 0 Å². The summed E-state index contributed by atoms with van der Waals surface area (Å²) in [5.41, 5.74) is 11.2. The van der Waals surface area contributed by atoms with Gasteiger partial charge in [0.15, 0.2) is 17.5 Å². The van der Waals surface area contributed by atoms with Gasteiger partial charge in [0.25, 0.3) is 0 Å². The molecule has 3 heterocycles. The van der Waals surface area contributed by atoms with E-state index in [-0.39, 0.29) is 0 Å². The van der Waals surface area contributed by atoms with Crippen LogP contribution in [0.4, 0.5) is 0 Å². The Balaban J connectivity index is 1.19. The molecule has 6 aromatic carbocycles. The molecule has 10 rings (SSSR count). The van der Waals surface area contributed by atoms with Crippen molar-refractivity contribution in [2.75, 3.05) is 0 Å². The molecule has 0 atom stereocenters. The quantitative estimate of drug-likeness (QED) is 0.191. The van der Waals surface area contributed by atoms with E-state index in [2.05, 4.69) is 156 Å². The van der Waals surface area contributed by atoms with E-state index in [1.807, 2.05) is 6.07 Å². The summed E-state index contributed by atoms with van der Waals surface area (Å²) in [5.74, 6) is 1.96. The summed E-state index contributed by atoms with van der Waals surface area (Å²) in [6.45, 7) is 0. The van der Waals surface area contributed by atoms with Crippen molar-refractivity contribution in [2.45, 2.75) is 12.8 Å². The zero-order valence-electron chi connectivity index (χ0n) is 26.7. The molecule has 0 bridgehead atoms. The van der Waals surface area contributed by atoms with E-state index < -0.39 is 0 Å². The molecule has 0 saturated heterocycles. The summed E-state index contributed by atoms with van der Waals surface area (Å²) in [7, 11) is 0. The number of fused-ring (bicyclic) bond motifs is 6. The fraction of sp³-hybridized carbons (Fsp3) is 0.0444. The lowest BCUT2D eigenvalue weighted by Gasteiger charge is -2.12. The van der Waals surface area contributed by atoms with Crippen molar-refractivity contribution in [3.8, 4) is 45.3 Å². The number of allylic oxidation sites excluding steroid dienone is 4. The summed E-state index contributed by atoms with van der Waals surface area (Å²) in [4.78, 5) is 15.5. The first-order chi connectivity index (χ1) is 24.3. The van der Waals surface area contributed by atoms with Gasteiger partial charge in [-0.05, 0) is 59.4 Å². The van der Waals surface area contributed by atoms with Gasteiger partial charge in [-0.1, -0.05) is 133 Å². The van der Waals surface area contributed by atoms with Crippen LogP contribution in [0.15, 0.2) is 158 Å². The van der Waals surface area contributed by atoms with E-state index in [0.717, 1.165) is 46.2 Å². The highest BCUT2D eigenvalue weighted by atomic mass is 15.0. The summed E-state index contributed by atoms with van der Waals surface area (Å²) in [6, 6.07) is 49.4. The summed E-state index contributed by atoms with van der Waals surface area (Å²) < 4.78 is 2.40. The van der Waals surface area contributed by atoms with Gasteiger partial charge in [0.1, 0.15) is 0 Å². The van der Waals surface area contributed by atoms with Crippen molar-refractivity contribution >= 4 is 43.7 Å². The highest BCUT2D eigenvalue weighted by Gasteiger charge is 2.19. The second kappa shape index (κ2) is 11.1. The van der Waals surface area contributed by atoms with Crippen molar-refractivity contribution in [1.29, 1.82) is 0 Å². The molecule has 0 unspecified atom stereocenters. The van der Waals surface area contributed by atoms with Crippen LogP contribution >= 0.6 is 0 Å². The van der Waals surface area contributed by atoms with Gasteiger partial charge in [-0.2, -0.15) is 0 Å². The molecule has 0 fully saturated rings. The zero-order chi connectivity index (χ0) is 32.3. The van der Waals surface area contributed by atoms with Gasteiger partial charge in [0.05, 0.1) is 16.6 Å². The summed E-state index contributed by atoms with van der Waals surface area (Å²) >= 11 is 0. The minimum atomic E-state index is 0.651. The highest BCUT2D eigenvalue weighted by molar-refractivity contribution is 6.23. The Morgan fingerprint density at radius 1 is 0.408 bits per heavy atom. The maximum absolute atomic E-state index is 5.17. The Morgan fingerprint density at radius 3 is 1.71 bits per heavy atom. The number of nitrogens with zero attached hydrogens (tertiary/aromatic N) is 4. The standard InChI is InChI=1S/C45H30N4/c1-3-12-29(13-4-1)31-16-9-18-33(26-31)43-46-44(34-19-10-17-32(27-34)30-14-5-2-6-15-30)48-45(47-43)35-24-25-37-39-22-11-21-38-36-20-7-8-23-40(36)49(42(38)39)41(37)28-35/h1,3-5,7-28H,2,6H2. The topological polar surface area (TPSA) is 43.1 Å². The van der Waals surface area contributed by atoms with Gasteiger partial charge >= 0.3 is 0 Å². The van der Waals surface area contributed by atoms with E-state index in [1.165, 1.54) is 43.7 Å². The van der Waals surface area contributed by atoms with Gasteiger partial charge in [-0.15, -0.1) is 0 Å². The second-order valence-electron chi connectivity index (χ2n) is 12.8. The fourth-order valence-corrected chi connectivity index (χ4v) is 7.47. The van der Waals surface area contributed by atoms with Gasteiger partial charge < -0.3 is 4.40 Å². The fourth-order valence-electron chi connectivity index (χ4n) is 7.47. The van der Waals surface area contributed by atoms with Crippen molar-refractivity contribution in [3.63, 3.8) is 0 Å². The normalized spacial score (nSPS) is 13.2. The predicted molar refractivity (Wildman–Crippen MR) is 203 cm³/mol. The molecule has 1 aliphatic rings. The molecule has 0 N–H and O–H groups in total. The molecule has 9 aromatic rings. The third kappa shape index (κ3) is 4.56. The second-order valence-corrected chi connectivity index (χ2v) is 12.8. The van der Waals surface area contributed by atoms with Gasteiger partial charge in [-0.25, -0.2) is 15.0 Å². The van der Waals surface area contributed by atoms with Crippen LogP contribution in [0.1, 0.15) is 18.4 Å². The predicted octanol–water partition coefficient (Wildman–Crippen LogP) is 11.4. The Kier molecular flexibility index (Phi) is 6.28. The van der Waals surface area contributed by atoms with E-state index in [0.29, 0.717) is 17.5 Å². The van der Waals surface area contributed by atoms with Crippen LogP contribution < -0.4 is 0 Å². The minimum Gasteiger partial charge on any atom is -0.308 e. The largest absolute Gasteiger partial charge is 0.308 e. The average molecular weight is 627 g/mol. The number of hydrogen-bond acceptors (Lipinski definition) is 3. The van der Waals surface area contributed by atoms with Crippen LogP contribution in [0.25, 0.3) is 89.0 Å². The third-order valence-electron chi connectivity index (χ3n) is 9.79. The smallest absolute Gasteiger partial charge is 0.164 e. The van der Waals surface area contributed by atoms with Crippen LogP contribution in [-0.4, -0.2) is 19.4 Å². The van der Waals surface area contributed by atoms with Gasteiger partial charge in [0.2, 0.25) is 0 Å². The molecular weight excluding hydrogens is 597 g/mol. The number of hydrogen-bond donors (Lipinski definition) is 0. The Bertz CT molecular complexity index is 2770. The molecular formula is C45H30N4. The minimum absolute atomic E-state index is 0.651. The first-order valence-electron chi connectivity index (χ1n) is 16.9. The van der Waals surface area contributed by atoms with Crippen molar-refractivity contribution in [1.82, 2.24) is 19.4 Å².